The number of hydrazine groups is 1. The molecule has 3 rings (SSSR count). The molecule has 2 atom stereocenters. The number of pyridine rings is 1. The fourth-order valence-corrected chi connectivity index (χ4v) is 3.11. The van der Waals surface area contributed by atoms with Gasteiger partial charge in [-0.15, -0.1) is 0 Å². The summed E-state index contributed by atoms with van der Waals surface area (Å²) in [6, 6.07) is 3.19. The number of nitrogens with two attached hydrogens (primary N) is 1. The third-order valence-corrected chi connectivity index (χ3v) is 4.22. The van der Waals surface area contributed by atoms with Crippen molar-refractivity contribution in [2.45, 2.75) is 25.8 Å². The van der Waals surface area contributed by atoms with Crippen LogP contribution in [0.4, 0.5) is 0 Å². The number of nitrogens with one attached hydrogen (secondary N) is 1. The van der Waals surface area contributed by atoms with Crippen LogP contribution < -0.4 is 11.3 Å². The lowest BCUT2D eigenvalue weighted by Crippen LogP contribution is -2.32. The van der Waals surface area contributed by atoms with E-state index in [4.69, 9.17) is 5.84 Å². The molecule has 2 unspecified atom stereocenters. The molecule has 1 aromatic rings. The Morgan fingerprint density at radius 2 is 1.95 bits per heavy atom. The van der Waals surface area contributed by atoms with Crippen LogP contribution >= 0.6 is 0 Å². The van der Waals surface area contributed by atoms with Crippen molar-refractivity contribution in [3.05, 3.63) is 29.6 Å². The fraction of sp³-hybridized carbons (Fsp3) is 0.429. The quantitative estimate of drug-likeness (QED) is 0.352. The van der Waals surface area contributed by atoms with E-state index < -0.39 is 5.91 Å². The van der Waals surface area contributed by atoms with Crippen LogP contribution in [-0.2, 0) is 16.1 Å². The first kappa shape index (κ1) is 13.7. The molecule has 0 aromatic carbocycles. The minimum absolute atomic E-state index is 0.0897. The molecule has 1 saturated carbocycles. The molecule has 2 aliphatic rings. The maximum atomic E-state index is 12.2. The van der Waals surface area contributed by atoms with E-state index in [2.05, 4.69) is 4.98 Å². The minimum Gasteiger partial charge on any atom is -0.290 e. The maximum Gasteiger partial charge on any atom is 0.266 e. The van der Waals surface area contributed by atoms with E-state index in [-0.39, 0.29) is 30.2 Å². The molecule has 1 aliphatic carbocycles. The number of likely N-dealkylation sites (tertiary alicyclic amines) is 1. The minimum atomic E-state index is -0.433. The summed E-state index contributed by atoms with van der Waals surface area (Å²) in [7, 11) is 0. The molecule has 3 amide bonds. The zero-order valence-electron chi connectivity index (χ0n) is 11.4. The Balaban J connectivity index is 1.73. The Kier molecular flexibility index (Phi) is 3.42. The van der Waals surface area contributed by atoms with Crippen LogP contribution in [0.25, 0.3) is 0 Å². The van der Waals surface area contributed by atoms with E-state index in [0.29, 0.717) is 11.3 Å². The van der Waals surface area contributed by atoms with Gasteiger partial charge in [-0.1, -0.05) is 6.42 Å². The number of imide groups is 1. The van der Waals surface area contributed by atoms with Gasteiger partial charge in [0.2, 0.25) is 11.8 Å². The van der Waals surface area contributed by atoms with Gasteiger partial charge < -0.3 is 0 Å². The van der Waals surface area contributed by atoms with Gasteiger partial charge in [0.15, 0.2) is 0 Å². The highest BCUT2D eigenvalue weighted by Gasteiger charge is 2.49. The lowest BCUT2D eigenvalue weighted by molar-refractivity contribution is -0.141. The lowest BCUT2D eigenvalue weighted by atomic mass is 10.00. The summed E-state index contributed by atoms with van der Waals surface area (Å²) >= 11 is 0. The van der Waals surface area contributed by atoms with Gasteiger partial charge in [-0.2, -0.15) is 0 Å². The molecule has 1 aromatic heterocycles. The summed E-state index contributed by atoms with van der Waals surface area (Å²) in [5.41, 5.74) is 2.92. The molecule has 2 fully saturated rings. The van der Waals surface area contributed by atoms with Crippen molar-refractivity contribution >= 4 is 17.7 Å². The highest BCUT2D eigenvalue weighted by atomic mass is 16.2. The summed E-state index contributed by atoms with van der Waals surface area (Å²) in [6.45, 7) is 0.162. The van der Waals surface area contributed by atoms with Crippen LogP contribution in [0.15, 0.2) is 18.3 Å². The Hall–Kier alpha value is -2.28. The van der Waals surface area contributed by atoms with Gasteiger partial charge in [0.05, 0.1) is 29.6 Å². The van der Waals surface area contributed by atoms with Crippen molar-refractivity contribution in [1.29, 1.82) is 0 Å². The third kappa shape index (κ3) is 2.29. The highest BCUT2D eigenvalue weighted by molar-refractivity contribution is 6.05. The van der Waals surface area contributed by atoms with Gasteiger partial charge in [-0.05, 0) is 25.0 Å². The lowest BCUT2D eigenvalue weighted by Gasteiger charge is -2.15. The number of fused-ring (bicyclic) bond motifs is 1. The van der Waals surface area contributed by atoms with Gasteiger partial charge in [-0.25, -0.2) is 5.84 Å². The molecule has 1 aliphatic heterocycles. The van der Waals surface area contributed by atoms with Crippen LogP contribution in [0.2, 0.25) is 0 Å². The summed E-state index contributed by atoms with van der Waals surface area (Å²) in [5, 5.41) is 0. The number of nitrogens with zero attached hydrogens (tertiary/aromatic N) is 2. The van der Waals surface area contributed by atoms with Crippen LogP contribution in [-0.4, -0.2) is 27.6 Å². The molecule has 0 bridgehead atoms. The molecular weight excluding hydrogens is 272 g/mol. The number of nitrogen functional groups attached to an aromatic ring is 1. The van der Waals surface area contributed by atoms with Crippen LogP contribution in [0.1, 0.15) is 35.3 Å². The molecule has 0 radical (unpaired) electrons. The first-order chi connectivity index (χ1) is 10.1. The summed E-state index contributed by atoms with van der Waals surface area (Å²) in [5.74, 6) is 4.15. The first-order valence-electron chi connectivity index (χ1n) is 6.93. The second kappa shape index (κ2) is 5.25. The van der Waals surface area contributed by atoms with Crippen molar-refractivity contribution in [3.63, 3.8) is 0 Å². The number of amides is 3. The largest absolute Gasteiger partial charge is 0.290 e. The molecule has 3 N–H and O–H groups in total. The van der Waals surface area contributed by atoms with Crippen molar-refractivity contribution in [2.75, 3.05) is 0 Å². The number of carbonyl (C=O) groups is 3. The molecule has 21 heavy (non-hydrogen) atoms. The van der Waals surface area contributed by atoms with Gasteiger partial charge in [0.1, 0.15) is 0 Å². The van der Waals surface area contributed by atoms with Gasteiger partial charge in [0, 0.05) is 6.20 Å². The van der Waals surface area contributed by atoms with Crippen molar-refractivity contribution < 1.29 is 14.4 Å². The third-order valence-electron chi connectivity index (χ3n) is 4.22. The predicted octanol–water partition coefficient (Wildman–Crippen LogP) is -0.0298. The van der Waals surface area contributed by atoms with Crippen LogP contribution in [0.5, 0.6) is 0 Å². The number of rotatable bonds is 3. The van der Waals surface area contributed by atoms with Crippen LogP contribution in [0.3, 0.4) is 0 Å². The SMILES string of the molecule is NNC(=O)c1ccc(CN2C(=O)C3CCCC3C2=O)nc1. The summed E-state index contributed by atoms with van der Waals surface area (Å²) in [6.07, 6.45) is 3.93. The van der Waals surface area contributed by atoms with E-state index in [1.807, 2.05) is 5.43 Å². The Bertz CT molecular complexity index is 577. The molecular formula is C14H16N4O3. The highest BCUT2D eigenvalue weighted by Crippen LogP contribution is 2.40. The standard InChI is InChI=1S/C14H16N4O3/c15-17-12(19)8-4-5-9(16-6-8)7-18-13(20)10-2-1-3-11(10)14(18)21/h4-6,10-11H,1-3,7,15H2,(H,17,19). The summed E-state index contributed by atoms with van der Waals surface area (Å²) < 4.78 is 0. The van der Waals surface area contributed by atoms with E-state index in [9.17, 15) is 14.4 Å². The van der Waals surface area contributed by atoms with Crippen molar-refractivity contribution in [1.82, 2.24) is 15.3 Å². The topological polar surface area (TPSA) is 105 Å². The summed E-state index contributed by atoms with van der Waals surface area (Å²) in [4.78, 5) is 41.2. The molecule has 2 heterocycles. The van der Waals surface area contributed by atoms with Gasteiger partial charge >= 0.3 is 0 Å². The molecule has 0 spiro atoms. The molecule has 1 saturated heterocycles. The smallest absolute Gasteiger partial charge is 0.266 e. The van der Waals surface area contributed by atoms with Crippen LogP contribution in [0, 0.1) is 11.8 Å². The van der Waals surface area contributed by atoms with Crippen molar-refractivity contribution in [3.8, 4) is 0 Å². The molecule has 7 heteroatoms. The Morgan fingerprint density at radius 1 is 1.29 bits per heavy atom. The van der Waals surface area contributed by atoms with E-state index >= 15 is 0 Å². The van der Waals surface area contributed by atoms with E-state index in [1.165, 1.54) is 11.1 Å². The Morgan fingerprint density at radius 3 is 2.48 bits per heavy atom. The van der Waals surface area contributed by atoms with Gasteiger partial charge in [0.25, 0.3) is 5.91 Å². The number of aromatic nitrogens is 1. The van der Waals surface area contributed by atoms with E-state index in [1.54, 1.807) is 12.1 Å². The monoisotopic (exact) mass is 288 g/mol. The zero-order chi connectivity index (χ0) is 15.0. The van der Waals surface area contributed by atoms with Crippen molar-refractivity contribution in [2.24, 2.45) is 17.7 Å². The average Bonchev–Trinajstić information content (AvgIpc) is 3.07. The number of hydrogen-bond acceptors (Lipinski definition) is 5. The zero-order valence-corrected chi connectivity index (χ0v) is 11.4. The predicted molar refractivity (Wildman–Crippen MR) is 72.3 cm³/mol. The molecule has 110 valence electrons. The Labute approximate surface area is 121 Å². The van der Waals surface area contributed by atoms with Gasteiger partial charge in [-0.3, -0.25) is 29.7 Å². The first-order valence-corrected chi connectivity index (χ1v) is 6.93. The number of hydrogen-bond donors (Lipinski definition) is 2. The molecule has 7 nitrogen and oxygen atoms in total. The second-order valence-corrected chi connectivity index (χ2v) is 5.42. The number of carbonyl (C=O) groups excluding carboxylic acids is 3. The van der Waals surface area contributed by atoms with E-state index in [0.717, 1.165) is 19.3 Å². The fourth-order valence-electron chi connectivity index (χ4n) is 3.11. The average molecular weight is 288 g/mol. The maximum absolute atomic E-state index is 12.2. The normalized spacial score (nSPS) is 24.3. The second-order valence-electron chi connectivity index (χ2n) is 5.42.